The summed E-state index contributed by atoms with van der Waals surface area (Å²) < 4.78 is 15.3. The third-order valence-electron chi connectivity index (χ3n) is 3.11. The Hall–Kier alpha value is -1.53. The average Bonchev–Trinajstić information content (AvgIpc) is 2.78. The van der Waals surface area contributed by atoms with Gasteiger partial charge in [0.2, 0.25) is 0 Å². The zero-order chi connectivity index (χ0) is 13.8. The summed E-state index contributed by atoms with van der Waals surface area (Å²) in [6, 6.07) is 3.68. The summed E-state index contributed by atoms with van der Waals surface area (Å²) in [5.41, 5.74) is 2.53. The van der Waals surface area contributed by atoms with E-state index in [-0.39, 0.29) is 12.4 Å². The summed E-state index contributed by atoms with van der Waals surface area (Å²) in [7, 11) is 0.668. The second-order valence-electron chi connectivity index (χ2n) is 4.33. The highest BCUT2D eigenvalue weighted by atomic mass is 16.5. The number of methoxy groups -OCH3 is 1. The number of carbonyl (C=O) groups excluding carboxylic acids is 1. The molecule has 1 heterocycles. The maximum Gasteiger partial charge on any atom is 0.492 e. The topological polar surface area (TPSA) is 65.0 Å². The largest absolute Gasteiger partial charge is 0.497 e. The number of aryl methyl sites for hydroxylation is 1. The first-order chi connectivity index (χ1) is 9.15. The first kappa shape index (κ1) is 13.9. The van der Waals surface area contributed by atoms with Crippen LogP contribution in [0.15, 0.2) is 12.1 Å². The highest BCUT2D eigenvalue weighted by Gasteiger charge is 2.30. The fraction of sp³-hybridized carbons (Fsp3) is 0.462. The van der Waals surface area contributed by atoms with Crippen LogP contribution in [-0.2, 0) is 27.2 Å². The quantitative estimate of drug-likeness (QED) is 0.616. The normalized spacial score (nSPS) is 13.3. The first-order valence-electron chi connectivity index (χ1n) is 6.30. The Morgan fingerprint density at radius 3 is 3.00 bits per heavy atom. The van der Waals surface area contributed by atoms with Gasteiger partial charge >= 0.3 is 13.1 Å². The number of rotatable bonds is 5. The van der Waals surface area contributed by atoms with Gasteiger partial charge in [-0.25, -0.2) is 0 Å². The van der Waals surface area contributed by atoms with Gasteiger partial charge in [0.15, 0.2) is 0 Å². The Morgan fingerprint density at radius 2 is 2.32 bits per heavy atom. The molecule has 6 heteroatoms. The summed E-state index contributed by atoms with van der Waals surface area (Å²) in [5, 5.41) is 9.82. The van der Waals surface area contributed by atoms with Gasteiger partial charge in [-0.1, -0.05) is 0 Å². The third kappa shape index (κ3) is 3.08. The number of carbonyl (C=O) groups is 1. The fourth-order valence-electron chi connectivity index (χ4n) is 2.23. The van der Waals surface area contributed by atoms with E-state index >= 15 is 0 Å². The van der Waals surface area contributed by atoms with Crippen LogP contribution in [0.4, 0.5) is 0 Å². The fourth-order valence-corrected chi connectivity index (χ4v) is 2.23. The van der Waals surface area contributed by atoms with Crippen molar-refractivity contribution in [1.29, 1.82) is 0 Å². The van der Waals surface area contributed by atoms with Crippen LogP contribution in [0.2, 0.25) is 0 Å². The summed E-state index contributed by atoms with van der Waals surface area (Å²) in [6.07, 6.45) is 0.777. The Morgan fingerprint density at radius 1 is 1.53 bits per heavy atom. The lowest BCUT2D eigenvalue weighted by atomic mass is 9.75. The van der Waals surface area contributed by atoms with Gasteiger partial charge in [0.1, 0.15) is 5.75 Å². The third-order valence-corrected chi connectivity index (χ3v) is 3.11. The SMILES string of the molecule is CCOC(=O)CCc1cc(OC)cc2c1B(O)OC2. The number of hydrogen-bond donors (Lipinski definition) is 1. The van der Waals surface area contributed by atoms with Crippen molar-refractivity contribution in [2.75, 3.05) is 13.7 Å². The predicted octanol–water partition coefficient (Wildman–Crippen LogP) is 0.409. The molecule has 1 N–H and O–H groups in total. The molecule has 1 aliphatic heterocycles. The minimum absolute atomic E-state index is 0.243. The van der Waals surface area contributed by atoms with E-state index < -0.39 is 7.12 Å². The van der Waals surface area contributed by atoms with Gasteiger partial charge in [-0.05, 0) is 42.1 Å². The molecule has 102 valence electrons. The standard InChI is InChI=1S/C13H17BO5/c1-3-18-12(15)5-4-9-6-11(17-2)7-10-8-19-14(16)13(9)10/h6-7,16H,3-5,8H2,1-2H3. The highest BCUT2D eigenvalue weighted by molar-refractivity contribution is 6.62. The van der Waals surface area contributed by atoms with Gasteiger partial charge in [0, 0.05) is 6.42 Å². The number of benzene rings is 1. The minimum atomic E-state index is -0.918. The molecule has 0 fully saturated rings. The molecule has 0 aromatic heterocycles. The zero-order valence-electron chi connectivity index (χ0n) is 11.1. The average molecular weight is 264 g/mol. The number of hydrogen-bond acceptors (Lipinski definition) is 5. The second kappa shape index (κ2) is 6.08. The molecule has 1 aromatic rings. The molecule has 0 amide bonds. The molecular weight excluding hydrogens is 247 g/mol. The van der Waals surface area contributed by atoms with Crippen LogP contribution < -0.4 is 10.2 Å². The van der Waals surface area contributed by atoms with Crippen LogP contribution in [0.3, 0.4) is 0 Å². The van der Waals surface area contributed by atoms with Crippen molar-refractivity contribution in [1.82, 2.24) is 0 Å². The van der Waals surface area contributed by atoms with Crippen molar-refractivity contribution in [2.24, 2.45) is 0 Å². The molecule has 19 heavy (non-hydrogen) atoms. The van der Waals surface area contributed by atoms with Crippen molar-refractivity contribution in [3.63, 3.8) is 0 Å². The smallest absolute Gasteiger partial charge is 0.492 e. The van der Waals surface area contributed by atoms with E-state index in [4.69, 9.17) is 14.1 Å². The van der Waals surface area contributed by atoms with Gasteiger partial charge in [-0.15, -0.1) is 0 Å². The summed E-state index contributed by atoms with van der Waals surface area (Å²) in [5.74, 6) is 0.461. The van der Waals surface area contributed by atoms with Gasteiger partial charge in [-0.2, -0.15) is 0 Å². The van der Waals surface area contributed by atoms with Crippen LogP contribution in [0.5, 0.6) is 5.75 Å². The van der Waals surface area contributed by atoms with E-state index in [2.05, 4.69) is 0 Å². The Bertz CT molecular complexity index is 474. The Kier molecular flexibility index (Phi) is 4.45. The molecule has 2 rings (SSSR count). The molecule has 0 aliphatic carbocycles. The first-order valence-corrected chi connectivity index (χ1v) is 6.30. The lowest BCUT2D eigenvalue weighted by Gasteiger charge is -2.11. The van der Waals surface area contributed by atoms with Crippen LogP contribution in [0, 0.1) is 0 Å². The molecule has 0 bridgehead atoms. The molecule has 1 aromatic carbocycles. The highest BCUT2D eigenvalue weighted by Crippen LogP contribution is 2.21. The monoisotopic (exact) mass is 264 g/mol. The Balaban J connectivity index is 2.19. The molecule has 0 unspecified atom stereocenters. The van der Waals surface area contributed by atoms with Crippen LogP contribution in [0.1, 0.15) is 24.5 Å². The zero-order valence-corrected chi connectivity index (χ0v) is 11.1. The molecule has 5 nitrogen and oxygen atoms in total. The van der Waals surface area contributed by atoms with Crippen LogP contribution in [0.25, 0.3) is 0 Å². The van der Waals surface area contributed by atoms with Gasteiger partial charge < -0.3 is 19.2 Å². The maximum atomic E-state index is 11.4. The van der Waals surface area contributed by atoms with Crippen molar-refractivity contribution >= 4 is 18.6 Å². The van der Waals surface area contributed by atoms with Crippen LogP contribution in [-0.4, -0.2) is 31.8 Å². The van der Waals surface area contributed by atoms with Gasteiger partial charge in [-0.3, -0.25) is 4.79 Å². The van der Waals surface area contributed by atoms with E-state index in [1.54, 1.807) is 14.0 Å². The summed E-state index contributed by atoms with van der Waals surface area (Å²) in [6.45, 7) is 2.51. The molecular formula is C13H17BO5. The van der Waals surface area contributed by atoms with E-state index in [0.717, 1.165) is 16.6 Å². The van der Waals surface area contributed by atoms with Crippen molar-refractivity contribution < 1.29 is 23.9 Å². The molecule has 0 atom stereocenters. The van der Waals surface area contributed by atoms with Gasteiger partial charge in [0.25, 0.3) is 0 Å². The summed E-state index contributed by atoms with van der Waals surface area (Å²) in [4.78, 5) is 11.4. The molecule has 0 saturated heterocycles. The van der Waals surface area contributed by atoms with Crippen molar-refractivity contribution in [2.45, 2.75) is 26.4 Å². The predicted molar refractivity (Wildman–Crippen MR) is 70.3 cm³/mol. The second-order valence-corrected chi connectivity index (χ2v) is 4.33. The summed E-state index contributed by atoms with van der Waals surface area (Å²) >= 11 is 0. The van der Waals surface area contributed by atoms with Gasteiger partial charge in [0.05, 0.1) is 20.3 Å². The van der Waals surface area contributed by atoms with E-state index in [1.165, 1.54) is 0 Å². The van der Waals surface area contributed by atoms with Crippen molar-refractivity contribution in [3.8, 4) is 5.75 Å². The molecule has 1 aliphatic rings. The maximum absolute atomic E-state index is 11.4. The van der Waals surface area contributed by atoms with E-state index in [0.29, 0.717) is 25.4 Å². The minimum Gasteiger partial charge on any atom is -0.497 e. The lowest BCUT2D eigenvalue weighted by Crippen LogP contribution is -2.31. The number of ether oxygens (including phenoxy) is 2. The Labute approximate surface area is 112 Å². The number of fused-ring (bicyclic) bond motifs is 1. The van der Waals surface area contributed by atoms with Crippen molar-refractivity contribution in [3.05, 3.63) is 23.3 Å². The van der Waals surface area contributed by atoms with Crippen LogP contribution >= 0.6 is 0 Å². The number of esters is 1. The lowest BCUT2D eigenvalue weighted by molar-refractivity contribution is -0.143. The van der Waals surface area contributed by atoms with E-state index in [1.807, 2.05) is 12.1 Å². The molecule has 0 radical (unpaired) electrons. The van der Waals surface area contributed by atoms with E-state index in [9.17, 15) is 9.82 Å². The molecule has 0 saturated carbocycles. The molecule has 0 spiro atoms.